The summed E-state index contributed by atoms with van der Waals surface area (Å²) >= 11 is 1.46. The fourth-order valence-corrected chi connectivity index (χ4v) is 3.56. The molecular formula is C18H21N3OS. The molecular weight excluding hydrogens is 306 g/mol. The third-order valence-electron chi connectivity index (χ3n) is 4.11. The number of piperazine rings is 1. The van der Waals surface area contributed by atoms with Crippen molar-refractivity contribution in [1.29, 1.82) is 0 Å². The van der Waals surface area contributed by atoms with Gasteiger partial charge in [0.1, 0.15) is 5.84 Å². The van der Waals surface area contributed by atoms with Gasteiger partial charge in [-0.25, -0.2) is 4.99 Å². The Kier molecular flexibility index (Phi) is 4.76. The van der Waals surface area contributed by atoms with Crippen LogP contribution in [0.15, 0.2) is 46.8 Å². The van der Waals surface area contributed by atoms with Gasteiger partial charge in [0.05, 0.1) is 10.6 Å². The SMILES string of the molecule is CC(=O)c1sccc1/N=C(\C)N1CCN(c2ccccc2)CC1. The summed E-state index contributed by atoms with van der Waals surface area (Å²) in [4.78, 5) is 21.7. The molecule has 1 aliphatic heterocycles. The molecule has 0 atom stereocenters. The van der Waals surface area contributed by atoms with Crippen molar-refractivity contribution in [3.63, 3.8) is 0 Å². The number of hydrogen-bond donors (Lipinski definition) is 0. The Balaban J connectivity index is 1.66. The van der Waals surface area contributed by atoms with Crippen LogP contribution in [0, 0.1) is 0 Å². The molecule has 0 unspecified atom stereocenters. The van der Waals surface area contributed by atoms with E-state index in [1.165, 1.54) is 17.0 Å². The van der Waals surface area contributed by atoms with Crippen LogP contribution in [0.25, 0.3) is 0 Å². The van der Waals surface area contributed by atoms with E-state index in [0.29, 0.717) is 0 Å². The van der Waals surface area contributed by atoms with Crippen LogP contribution in [0.1, 0.15) is 23.5 Å². The summed E-state index contributed by atoms with van der Waals surface area (Å²) in [6, 6.07) is 12.4. The minimum Gasteiger partial charge on any atom is -0.368 e. The summed E-state index contributed by atoms with van der Waals surface area (Å²) in [5, 5.41) is 1.93. The molecule has 4 nitrogen and oxygen atoms in total. The lowest BCUT2D eigenvalue weighted by molar-refractivity contribution is 0.102. The summed E-state index contributed by atoms with van der Waals surface area (Å²) in [7, 11) is 0. The normalized spacial score (nSPS) is 15.8. The second-order valence-electron chi connectivity index (χ2n) is 5.66. The van der Waals surface area contributed by atoms with Crippen molar-refractivity contribution in [2.24, 2.45) is 4.99 Å². The average molecular weight is 327 g/mol. The van der Waals surface area contributed by atoms with E-state index in [0.717, 1.165) is 42.6 Å². The predicted molar refractivity (Wildman–Crippen MR) is 97.3 cm³/mol. The number of carbonyl (C=O) groups is 1. The highest BCUT2D eigenvalue weighted by Gasteiger charge is 2.18. The highest BCUT2D eigenvalue weighted by Crippen LogP contribution is 2.26. The van der Waals surface area contributed by atoms with Gasteiger partial charge in [-0.1, -0.05) is 18.2 Å². The number of ketones is 1. The largest absolute Gasteiger partial charge is 0.368 e. The summed E-state index contributed by atoms with van der Waals surface area (Å²) in [6.45, 7) is 7.49. The Bertz CT molecular complexity index is 700. The summed E-state index contributed by atoms with van der Waals surface area (Å²) in [6.07, 6.45) is 0. The number of amidine groups is 1. The number of nitrogens with zero attached hydrogens (tertiary/aromatic N) is 3. The summed E-state index contributed by atoms with van der Waals surface area (Å²) < 4.78 is 0. The van der Waals surface area contributed by atoms with E-state index in [4.69, 9.17) is 0 Å². The van der Waals surface area contributed by atoms with Crippen molar-refractivity contribution in [1.82, 2.24) is 4.90 Å². The molecule has 1 aliphatic rings. The van der Waals surface area contributed by atoms with Crippen molar-refractivity contribution < 1.29 is 4.79 Å². The quantitative estimate of drug-likeness (QED) is 0.488. The smallest absolute Gasteiger partial charge is 0.171 e. The molecule has 0 amide bonds. The Morgan fingerprint density at radius 1 is 1.04 bits per heavy atom. The maximum Gasteiger partial charge on any atom is 0.171 e. The molecule has 1 fully saturated rings. The number of aliphatic imine (C=N–C) groups is 1. The zero-order chi connectivity index (χ0) is 16.2. The van der Waals surface area contributed by atoms with Gasteiger partial charge in [0.2, 0.25) is 0 Å². The molecule has 0 aliphatic carbocycles. The molecule has 0 spiro atoms. The third-order valence-corrected chi connectivity index (χ3v) is 5.11. The molecule has 5 heteroatoms. The number of anilines is 1. The summed E-state index contributed by atoms with van der Waals surface area (Å²) in [5.41, 5.74) is 2.07. The molecule has 120 valence electrons. The minimum absolute atomic E-state index is 0.0837. The van der Waals surface area contributed by atoms with Crippen molar-refractivity contribution in [3.8, 4) is 0 Å². The van der Waals surface area contributed by atoms with E-state index < -0.39 is 0 Å². The number of hydrogen-bond acceptors (Lipinski definition) is 4. The third kappa shape index (κ3) is 3.62. The molecule has 1 aromatic carbocycles. The van der Waals surface area contributed by atoms with Crippen LogP contribution in [0.3, 0.4) is 0 Å². The van der Waals surface area contributed by atoms with Crippen molar-refractivity contribution in [2.45, 2.75) is 13.8 Å². The minimum atomic E-state index is 0.0837. The molecule has 2 heterocycles. The van der Waals surface area contributed by atoms with Crippen LogP contribution < -0.4 is 4.90 Å². The number of carbonyl (C=O) groups excluding carboxylic acids is 1. The van der Waals surface area contributed by atoms with Crippen LogP contribution in [0.4, 0.5) is 11.4 Å². The predicted octanol–water partition coefficient (Wildman–Crippen LogP) is 3.82. The van der Waals surface area contributed by atoms with Crippen LogP contribution in [0.5, 0.6) is 0 Å². The Morgan fingerprint density at radius 2 is 1.74 bits per heavy atom. The molecule has 0 N–H and O–H groups in total. The molecule has 0 saturated carbocycles. The highest BCUT2D eigenvalue weighted by atomic mass is 32.1. The van der Waals surface area contributed by atoms with Gasteiger partial charge >= 0.3 is 0 Å². The second kappa shape index (κ2) is 6.96. The van der Waals surface area contributed by atoms with E-state index in [9.17, 15) is 4.79 Å². The Morgan fingerprint density at radius 3 is 2.39 bits per heavy atom. The first-order valence-electron chi connectivity index (χ1n) is 7.84. The maximum atomic E-state index is 11.6. The fraction of sp³-hybridized carbons (Fsp3) is 0.333. The van der Waals surface area contributed by atoms with Crippen molar-refractivity contribution in [2.75, 3.05) is 31.1 Å². The second-order valence-corrected chi connectivity index (χ2v) is 6.58. The first-order valence-corrected chi connectivity index (χ1v) is 8.72. The lowest BCUT2D eigenvalue weighted by atomic mass is 10.2. The molecule has 0 radical (unpaired) electrons. The van der Waals surface area contributed by atoms with E-state index in [1.807, 2.05) is 24.4 Å². The first-order chi connectivity index (χ1) is 11.1. The van der Waals surface area contributed by atoms with Crippen LogP contribution in [0.2, 0.25) is 0 Å². The van der Waals surface area contributed by atoms with Gasteiger partial charge in [0.25, 0.3) is 0 Å². The number of rotatable bonds is 3. The fourth-order valence-electron chi connectivity index (χ4n) is 2.83. The summed E-state index contributed by atoms with van der Waals surface area (Å²) in [5.74, 6) is 1.07. The number of para-hydroxylation sites is 1. The zero-order valence-electron chi connectivity index (χ0n) is 13.5. The van der Waals surface area contributed by atoms with Crippen LogP contribution >= 0.6 is 11.3 Å². The number of Topliss-reactive ketones (excluding diaryl/α,β-unsaturated/α-hetero) is 1. The molecule has 3 rings (SSSR count). The van der Waals surface area contributed by atoms with E-state index in [-0.39, 0.29) is 5.78 Å². The van der Waals surface area contributed by atoms with Gasteiger partial charge in [-0.2, -0.15) is 0 Å². The number of benzene rings is 1. The van der Waals surface area contributed by atoms with Crippen molar-refractivity contribution >= 4 is 34.3 Å². The van der Waals surface area contributed by atoms with Crippen LogP contribution in [-0.2, 0) is 0 Å². The lowest BCUT2D eigenvalue weighted by Crippen LogP contribution is -2.48. The zero-order valence-corrected chi connectivity index (χ0v) is 14.3. The van der Waals surface area contributed by atoms with Gasteiger partial charge in [-0.15, -0.1) is 11.3 Å². The van der Waals surface area contributed by atoms with Crippen molar-refractivity contribution in [3.05, 3.63) is 46.7 Å². The molecule has 1 saturated heterocycles. The average Bonchev–Trinajstić information content (AvgIpc) is 3.04. The van der Waals surface area contributed by atoms with Gasteiger partial charge in [0, 0.05) is 38.8 Å². The Hall–Kier alpha value is -2.14. The van der Waals surface area contributed by atoms with Crippen LogP contribution in [-0.4, -0.2) is 42.7 Å². The Labute approximate surface area is 141 Å². The molecule has 2 aromatic rings. The molecule has 0 bridgehead atoms. The van der Waals surface area contributed by atoms with E-state index in [1.54, 1.807) is 6.92 Å². The molecule has 1 aromatic heterocycles. The maximum absolute atomic E-state index is 11.6. The first kappa shape index (κ1) is 15.7. The van der Waals surface area contributed by atoms with Gasteiger partial charge in [-0.05, 0) is 30.5 Å². The number of thiophene rings is 1. The lowest BCUT2D eigenvalue weighted by Gasteiger charge is -2.37. The van der Waals surface area contributed by atoms with Gasteiger partial charge in [0.15, 0.2) is 5.78 Å². The van der Waals surface area contributed by atoms with E-state index in [2.05, 4.69) is 39.1 Å². The molecule has 23 heavy (non-hydrogen) atoms. The van der Waals surface area contributed by atoms with E-state index >= 15 is 0 Å². The topological polar surface area (TPSA) is 35.9 Å². The highest BCUT2D eigenvalue weighted by molar-refractivity contribution is 7.12. The standard InChI is InChI=1S/C18H21N3OS/c1-14(22)18-17(8-13-23-18)19-15(2)20-9-11-21(12-10-20)16-6-4-3-5-7-16/h3-8,13H,9-12H2,1-2H3/b19-15+. The van der Waals surface area contributed by atoms with Gasteiger partial charge in [-0.3, -0.25) is 4.79 Å². The monoisotopic (exact) mass is 327 g/mol. The van der Waals surface area contributed by atoms with Gasteiger partial charge < -0.3 is 9.80 Å².